The predicted molar refractivity (Wildman–Crippen MR) is 207 cm³/mol. The lowest BCUT2D eigenvalue weighted by molar-refractivity contribution is 0.553. The van der Waals surface area contributed by atoms with Crippen LogP contribution in [-0.2, 0) is 10.8 Å². The molecule has 6 aromatic carbocycles. The van der Waals surface area contributed by atoms with E-state index in [1.165, 1.54) is 50.1 Å². The lowest BCUT2D eigenvalue weighted by Gasteiger charge is -2.40. The van der Waals surface area contributed by atoms with Gasteiger partial charge in [-0.3, -0.25) is 0 Å². The molecule has 0 saturated carbocycles. The van der Waals surface area contributed by atoms with Crippen molar-refractivity contribution in [1.29, 1.82) is 0 Å². The average Bonchev–Trinajstić information content (AvgIpc) is 3.77. The van der Waals surface area contributed by atoms with Crippen LogP contribution in [0.15, 0.2) is 182 Å². The molecule has 0 fully saturated rings. The lowest BCUT2D eigenvalue weighted by Crippen LogP contribution is -2.43. The summed E-state index contributed by atoms with van der Waals surface area (Å²) in [7, 11) is 0. The summed E-state index contributed by atoms with van der Waals surface area (Å²) < 4.78 is 0. The summed E-state index contributed by atoms with van der Waals surface area (Å²) in [5.74, 6) is 0.712. The molecule has 3 aliphatic carbocycles. The molecule has 4 aliphatic rings. The second-order valence-electron chi connectivity index (χ2n) is 14.3. The average molecular weight is 652 g/mol. The third-order valence-corrected chi connectivity index (χ3v) is 11.8. The van der Waals surface area contributed by atoms with Gasteiger partial charge in [0.25, 0.3) is 0 Å². The van der Waals surface area contributed by atoms with Gasteiger partial charge in [0.1, 0.15) is 0 Å². The number of benzene rings is 6. The van der Waals surface area contributed by atoms with Crippen LogP contribution in [0.2, 0.25) is 0 Å². The van der Waals surface area contributed by atoms with Crippen molar-refractivity contribution in [3.63, 3.8) is 0 Å². The van der Waals surface area contributed by atoms with E-state index < -0.39 is 5.41 Å². The van der Waals surface area contributed by atoms with Gasteiger partial charge in [0.15, 0.2) is 0 Å². The van der Waals surface area contributed by atoms with E-state index in [0.29, 0.717) is 5.95 Å². The van der Waals surface area contributed by atoms with E-state index in [1.807, 2.05) is 0 Å². The minimum Gasteiger partial charge on any atom is -0.301 e. The second kappa shape index (κ2) is 10.3. The normalized spacial score (nSPS) is 19.7. The van der Waals surface area contributed by atoms with Crippen LogP contribution in [0.1, 0.15) is 34.7 Å². The zero-order chi connectivity index (χ0) is 33.7. The van der Waals surface area contributed by atoms with Crippen LogP contribution in [0.3, 0.4) is 0 Å². The first-order valence-corrected chi connectivity index (χ1v) is 17.8. The van der Waals surface area contributed by atoms with Crippen LogP contribution in [-0.4, -0.2) is 16.0 Å². The Balaban J connectivity index is 1.22. The molecule has 11 rings (SSSR count). The monoisotopic (exact) mass is 651 g/mol. The summed E-state index contributed by atoms with van der Waals surface area (Å²) in [5.41, 5.74) is 16.4. The third kappa shape index (κ3) is 3.68. The molecule has 0 saturated heterocycles. The van der Waals surface area contributed by atoms with Gasteiger partial charge in [0, 0.05) is 22.2 Å². The highest BCUT2D eigenvalue weighted by atomic mass is 15.3. The molecule has 0 radical (unpaired) electrons. The maximum Gasteiger partial charge on any atom is 0.231 e. The van der Waals surface area contributed by atoms with E-state index in [4.69, 9.17) is 9.97 Å². The quantitative estimate of drug-likeness (QED) is 0.190. The second-order valence-corrected chi connectivity index (χ2v) is 14.3. The van der Waals surface area contributed by atoms with Crippen molar-refractivity contribution in [3.8, 4) is 33.6 Å². The highest BCUT2D eigenvalue weighted by molar-refractivity contribution is 6.00. The Morgan fingerprint density at radius 3 is 1.57 bits per heavy atom. The van der Waals surface area contributed by atoms with Gasteiger partial charge in [-0.2, -0.15) is 0 Å². The standard InChI is InChI=1S/C48H33N3/c1-47-29-28-40-44(35-22-10-13-25-38(35)48(40)36-23-11-8-20-33(36)34-21-9-12-24-37(34)48)45(47)51(43-27-15-14-26-39(43)47)46-49-41(31-16-4-2-5-17-31)30-42(50-46)32-18-6-3-7-19-32/h2-30,45H,1H3. The van der Waals surface area contributed by atoms with Crippen LogP contribution in [0.4, 0.5) is 11.6 Å². The fourth-order valence-corrected chi connectivity index (χ4v) is 9.70. The number of para-hydroxylation sites is 1. The fraction of sp³-hybridized carbons (Fsp3) is 0.0833. The molecule has 0 N–H and O–H groups in total. The Bertz CT molecular complexity index is 2510. The summed E-state index contributed by atoms with van der Waals surface area (Å²) in [6.07, 6.45) is 4.94. The number of aromatic nitrogens is 2. The van der Waals surface area contributed by atoms with E-state index in [9.17, 15) is 0 Å². The Morgan fingerprint density at radius 1 is 0.510 bits per heavy atom. The van der Waals surface area contributed by atoms with Gasteiger partial charge in [0.05, 0.1) is 22.8 Å². The van der Waals surface area contributed by atoms with E-state index in [0.717, 1.165) is 28.2 Å². The fourth-order valence-electron chi connectivity index (χ4n) is 9.70. The number of anilines is 2. The first-order chi connectivity index (χ1) is 25.2. The van der Waals surface area contributed by atoms with Gasteiger partial charge in [0.2, 0.25) is 5.95 Å². The van der Waals surface area contributed by atoms with Crippen LogP contribution < -0.4 is 4.90 Å². The summed E-state index contributed by atoms with van der Waals surface area (Å²) in [4.78, 5) is 13.3. The van der Waals surface area contributed by atoms with Crippen molar-refractivity contribution in [2.24, 2.45) is 0 Å². The topological polar surface area (TPSA) is 29.0 Å². The zero-order valence-corrected chi connectivity index (χ0v) is 28.2. The van der Waals surface area contributed by atoms with Gasteiger partial charge in [-0.1, -0.05) is 164 Å². The Morgan fingerprint density at radius 2 is 0.980 bits per heavy atom. The van der Waals surface area contributed by atoms with Crippen LogP contribution in [0, 0.1) is 0 Å². The number of nitrogens with zero attached hydrogens (tertiary/aromatic N) is 3. The van der Waals surface area contributed by atoms with E-state index in [2.05, 4.69) is 188 Å². The molecular weight excluding hydrogens is 619 g/mol. The van der Waals surface area contributed by atoms with Crippen molar-refractivity contribution in [2.75, 3.05) is 4.90 Å². The number of fused-ring (bicyclic) bond motifs is 13. The Labute approximate surface area is 297 Å². The molecule has 7 aromatic rings. The van der Waals surface area contributed by atoms with Gasteiger partial charge < -0.3 is 4.90 Å². The first kappa shape index (κ1) is 28.5. The van der Waals surface area contributed by atoms with Gasteiger partial charge in [-0.15, -0.1) is 0 Å². The Hall–Kier alpha value is -6.32. The number of allylic oxidation sites excluding steroid dienone is 2. The first-order valence-electron chi connectivity index (χ1n) is 17.8. The predicted octanol–water partition coefficient (Wildman–Crippen LogP) is 10.9. The van der Waals surface area contributed by atoms with E-state index >= 15 is 0 Å². The van der Waals surface area contributed by atoms with E-state index in [1.54, 1.807) is 0 Å². The van der Waals surface area contributed by atoms with Crippen molar-refractivity contribution in [2.45, 2.75) is 23.8 Å². The molecule has 0 amide bonds. The summed E-state index contributed by atoms with van der Waals surface area (Å²) in [6, 6.07) is 59.1. The summed E-state index contributed by atoms with van der Waals surface area (Å²) in [6.45, 7) is 2.40. The number of hydrogen-bond donors (Lipinski definition) is 0. The maximum absolute atomic E-state index is 5.43. The molecule has 2 heterocycles. The summed E-state index contributed by atoms with van der Waals surface area (Å²) >= 11 is 0. The van der Waals surface area contributed by atoms with Crippen molar-refractivity contribution in [3.05, 3.63) is 209 Å². The van der Waals surface area contributed by atoms with Crippen LogP contribution in [0.25, 0.3) is 39.2 Å². The van der Waals surface area contributed by atoms with Gasteiger partial charge in [-0.25, -0.2) is 9.97 Å². The molecule has 2 atom stereocenters. The van der Waals surface area contributed by atoms with Crippen LogP contribution in [0.5, 0.6) is 0 Å². The smallest absolute Gasteiger partial charge is 0.231 e. The molecule has 1 aromatic heterocycles. The molecule has 3 heteroatoms. The molecule has 1 spiro atoms. The largest absolute Gasteiger partial charge is 0.301 e. The molecule has 1 aliphatic heterocycles. The lowest BCUT2D eigenvalue weighted by atomic mass is 9.65. The van der Waals surface area contributed by atoms with Crippen molar-refractivity contribution in [1.82, 2.24) is 9.97 Å². The third-order valence-electron chi connectivity index (χ3n) is 11.8. The van der Waals surface area contributed by atoms with Crippen molar-refractivity contribution >= 4 is 17.2 Å². The summed E-state index contributed by atoms with van der Waals surface area (Å²) in [5, 5.41) is 0. The molecule has 240 valence electrons. The number of rotatable bonds is 3. The minimum atomic E-state index is -0.417. The maximum atomic E-state index is 5.43. The molecule has 2 unspecified atom stereocenters. The molecular formula is C48H33N3. The van der Waals surface area contributed by atoms with Gasteiger partial charge in [-0.05, 0) is 69.1 Å². The highest BCUT2D eigenvalue weighted by Gasteiger charge is 2.59. The SMILES string of the molecule is CC12C=CC3=C(c4ccccc4C34c3ccccc3-c3ccccc34)C1N(c1nc(-c3ccccc3)cc(-c3ccccc3)n1)c1ccccc12. The van der Waals surface area contributed by atoms with Crippen molar-refractivity contribution < 1.29 is 0 Å². The zero-order valence-electron chi connectivity index (χ0n) is 28.2. The van der Waals surface area contributed by atoms with E-state index in [-0.39, 0.29) is 11.5 Å². The molecule has 3 nitrogen and oxygen atoms in total. The highest BCUT2D eigenvalue weighted by Crippen LogP contribution is 2.67. The van der Waals surface area contributed by atoms with Gasteiger partial charge >= 0.3 is 0 Å². The number of hydrogen-bond acceptors (Lipinski definition) is 3. The van der Waals surface area contributed by atoms with Crippen LogP contribution >= 0.6 is 0 Å². The molecule has 0 bridgehead atoms. The molecule has 51 heavy (non-hydrogen) atoms. The minimum absolute atomic E-state index is 0.0787. The Kier molecular flexibility index (Phi) is 5.79.